The highest BCUT2D eigenvalue weighted by molar-refractivity contribution is 8.03. The van der Waals surface area contributed by atoms with Crippen LogP contribution in [0.5, 0.6) is 0 Å². The van der Waals surface area contributed by atoms with Crippen molar-refractivity contribution in [3.05, 3.63) is 83.3 Å². The summed E-state index contributed by atoms with van der Waals surface area (Å²) in [7, 11) is 0. The van der Waals surface area contributed by atoms with E-state index in [-0.39, 0.29) is 17.7 Å². The van der Waals surface area contributed by atoms with E-state index in [1.54, 1.807) is 11.8 Å². The van der Waals surface area contributed by atoms with Crippen molar-refractivity contribution in [2.75, 3.05) is 13.1 Å². The number of benzene rings is 2. The van der Waals surface area contributed by atoms with Gasteiger partial charge < -0.3 is 26.8 Å². The van der Waals surface area contributed by atoms with Crippen LogP contribution in [0.1, 0.15) is 31.7 Å². The van der Waals surface area contributed by atoms with Gasteiger partial charge in [-0.3, -0.25) is 14.9 Å². The van der Waals surface area contributed by atoms with Gasteiger partial charge in [0.1, 0.15) is 12.4 Å². The maximum atomic E-state index is 13.9. The first-order valence-electron chi connectivity index (χ1n) is 14.0. The zero-order valence-electron chi connectivity index (χ0n) is 22.8. The monoisotopic (exact) mass is 561 g/mol. The Morgan fingerprint density at radius 1 is 1.07 bits per heavy atom. The molecule has 5 rings (SSSR count). The predicted molar refractivity (Wildman–Crippen MR) is 161 cm³/mol. The van der Waals surface area contributed by atoms with E-state index in [1.165, 1.54) is 12.5 Å². The van der Waals surface area contributed by atoms with Gasteiger partial charge in [0.25, 0.3) is 0 Å². The van der Waals surface area contributed by atoms with Crippen LogP contribution < -0.4 is 27.0 Å². The molecule has 40 heavy (non-hydrogen) atoms. The number of nitrogens with two attached hydrogens (primary N) is 1. The van der Waals surface area contributed by atoms with Crippen molar-refractivity contribution in [1.82, 2.24) is 21.3 Å². The second-order valence-corrected chi connectivity index (χ2v) is 12.1. The summed E-state index contributed by atoms with van der Waals surface area (Å²) >= 11 is 1.76. The minimum atomic E-state index is -1.08. The number of hydrogen-bond donors (Lipinski definition) is 6. The first-order valence-corrected chi connectivity index (χ1v) is 14.9. The Hall–Kier alpha value is -2.95. The highest BCUT2D eigenvalue weighted by atomic mass is 32.2. The summed E-state index contributed by atoms with van der Waals surface area (Å²) in [6.45, 7) is 2.87. The van der Waals surface area contributed by atoms with Crippen molar-refractivity contribution in [3.63, 3.8) is 0 Å². The Morgan fingerprint density at radius 3 is 2.62 bits per heavy atom. The zero-order valence-corrected chi connectivity index (χ0v) is 23.6. The number of nitrogens with one attached hydrogen (secondary N) is 4. The van der Waals surface area contributed by atoms with Crippen molar-refractivity contribution in [3.8, 4) is 0 Å². The molecule has 0 aromatic heterocycles. The molecule has 1 saturated heterocycles. The molecular formula is C31H39N5O3S. The van der Waals surface area contributed by atoms with Crippen LogP contribution in [0.3, 0.4) is 0 Å². The Bertz CT molecular complexity index is 1310. The molecule has 2 aliphatic heterocycles. The maximum Gasteiger partial charge on any atom is 0.239 e. The van der Waals surface area contributed by atoms with Gasteiger partial charge in [-0.25, -0.2) is 0 Å². The van der Waals surface area contributed by atoms with E-state index in [9.17, 15) is 14.7 Å². The van der Waals surface area contributed by atoms with E-state index in [1.807, 2.05) is 48.5 Å². The number of aliphatic hydroxyl groups excluding tert-OH is 1. The van der Waals surface area contributed by atoms with Gasteiger partial charge in [-0.05, 0) is 54.1 Å². The Balaban J connectivity index is 1.37. The fraction of sp³-hybridized carbons (Fsp3) is 0.419. The number of fused-ring (bicyclic) bond motifs is 2. The summed E-state index contributed by atoms with van der Waals surface area (Å²) in [6.07, 6.45) is 8.81. The minimum absolute atomic E-state index is 0.221. The van der Waals surface area contributed by atoms with Gasteiger partial charge in [-0.1, -0.05) is 72.3 Å². The Labute approximate surface area is 239 Å². The number of carbonyl (C=O) groups excluding carboxylic acids is 2. The number of amides is 2. The molecule has 212 valence electrons. The molecule has 2 aromatic rings. The average Bonchev–Trinajstić information content (AvgIpc) is 3.35. The van der Waals surface area contributed by atoms with E-state index >= 15 is 0 Å². The van der Waals surface area contributed by atoms with Crippen LogP contribution in [0.15, 0.2) is 77.7 Å². The van der Waals surface area contributed by atoms with E-state index in [0.29, 0.717) is 44.0 Å². The van der Waals surface area contributed by atoms with Crippen LogP contribution in [-0.4, -0.2) is 59.2 Å². The van der Waals surface area contributed by atoms with Gasteiger partial charge in [0, 0.05) is 24.5 Å². The van der Waals surface area contributed by atoms with E-state index < -0.39 is 24.0 Å². The van der Waals surface area contributed by atoms with Crippen LogP contribution in [0, 0.1) is 5.92 Å². The van der Waals surface area contributed by atoms with Crippen molar-refractivity contribution in [2.24, 2.45) is 11.7 Å². The van der Waals surface area contributed by atoms with E-state index in [0.717, 1.165) is 16.3 Å². The fourth-order valence-electron chi connectivity index (χ4n) is 5.81. The van der Waals surface area contributed by atoms with Crippen molar-refractivity contribution < 1.29 is 14.7 Å². The average molecular weight is 562 g/mol. The third kappa shape index (κ3) is 6.67. The normalized spacial score (nSPS) is 23.6. The molecule has 0 radical (unpaired) electrons. The maximum absolute atomic E-state index is 13.9. The number of thioether (sulfide) groups is 1. The van der Waals surface area contributed by atoms with Gasteiger partial charge in [-0.15, -0.1) is 11.8 Å². The molecule has 0 bridgehead atoms. The molecule has 2 amide bonds. The molecular weight excluding hydrogens is 522 g/mol. The summed E-state index contributed by atoms with van der Waals surface area (Å²) < 4.78 is 0. The van der Waals surface area contributed by atoms with Crippen LogP contribution in [0.4, 0.5) is 0 Å². The molecule has 9 heteroatoms. The number of carbonyl (C=O) groups is 2. The molecule has 3 aliphatic rings. The smallest absolute Gasteiger partial charge is 0.239 e. The third-order valence-electron chi connectivity index (χ3n) is 8.08. The summed E-state index contributed by atoms with van der Waals surface area (Å²) in [6, 6.07) is 13.3. The van der Waals surface area contributed by atoms with Crippen LogP contribution in [0.25, 0.3) is 10.8 Å². The van der Waals surface area contributed by atoms with E-state index in [4.69, 9.17) is 5.73 Å². The largest absolute Gasteiger partial charge is 0.377 e. The minimum Gasteiger partial charge on any atom is -0.377 e. The molecule has 0 spiro atoms. The standard InChI is InChI=1S/C31H39N5O3S/c1-20(37)34-28(18-23-19-40-27-12-5-4-11-25(23)27)36-29(38)26(35-30(39)31(32)13-15-33-16-14-31)17-22-9-6-8-21-7-2-3-10-24(21)22/h2-12,19,25-28,30,33,35,39H,13-18,32H2,1H3,(H,34,37)(H,36,38)/t25-,26+,27?,28+,30?/m0/s1. The number of allylic oxidation sites excluding steroid dienone is 3. The lowest BCUT2D eigenvalue weighted by atomic mass is 9.87. The number of aliphatic hydroxyl groups is 1. The lowest BCUT2D eigenvalue weighted by Crippen LogP contribution is -2.65. The highest BCUT2D eigenvalue weighted by Crippen LogP contribution is 2.41. The lowest BCUT2D eigenvalue weighted by molar-refractivity contribution is -0.126. The predicted octanol–water partition coefficient (Wildman–Crippen LogP) is 2.45. The number of piperidine rings is 1. The van der Waals surface area contributed by atoms with E-state index in [2.05, 4.69) is 44.9 Å². The Kier molecular flexibility index (Phi) is 9.07. The first-order chi connectivity index (χ1) is 19.3. The lowest BCUT2D eigenvalue weighted by Gasteiger charge is -2.39. The zero-order chi connectivity index (χ0) is 28.1. The second-order valence-electron chi connectivity index (χ2n) is 11.0. The van der Waals surface area contributed by atoms with Gasteiger partial charge in [-0.2, -0.15) is 0 Å². The van der Waals surface area contributed by atoms with Gasteiger partial charge >= 0.3 is 0 Å². The summed E-state index contributed by atoms with van der Waals surface area (Å²) in [5.41, 5.74) is 7.92. The summed E-state index contributed by atoms with van der Waals surface area (Å²) in [4.78, 5) is 26.1. The SMILES string of the molecule is CC(=O)N[C@@H](CC1=CSC2C=CC=C[C@@H]12)NC(=O)[C@@H](Cc1cccc2ccccc12)NC(O)C1(N)CCNCC1. The van der Waals surface area contributed by atoms with Gasteiger partial charge in [0.05, 0.1) is 11.6 Å². The summed E-state index contributed by atoms with van der Waals surface area (Å²) in [5, 5.41) is 28.3. The fourth-order valence-corrected chi connectivity index (χ4v) is 7.01. The molecule has 0 saturated carbocycles. The molecule has 5 atom stereocenters. The molecule has 7 N–H and O–H groups in total. The molecule has 1 fully saturated rings. The Morgan fingerprint density at radius 2 is 1.82 bits per heavy atom. The molecule has 2 aromatic carbocycles. The second kappa shape index (κ2) is 12.7. The van der Waals surface area contributed by atoms with Crippen molar-refractivity contribution in [1.29, 1.82) is 0 Å². The van der Waals surface area contributed by atoms with Crippen molar-refractivity contribution >= 4 is 34.3 Å². The highest BCUT2D eigenvalue weighted by Gasteiger charge is 2.38. The van der Waals surface area contributed by atoms with Gasteiger partial charge in [0.15, 0.2) is 0 Å². The quantitative estimate of drug-likeness (QED) is 0.246. The van der Waals surface area contributed by atoms with Crippen LogP contribution >= 0.6 is 11.8 Å². The molecule has 2 unspecified atom stereocenters. The molecule has 2 heterocycles. The first kappa shape index (κ1) is 28.6. The number of rotatable bonds is 10. The van der Waals surface area contributed by atoms with Crippen molar-refractivity contribution in [2.45, 2.75) is 61.8 Å². The van der Waals surface area contributed by atoms with Crippen LogP contribution in [-0.2, 0) is 16.0 Å². The molecule has 1 aliphatic carbocycles. The third-order valence-corrected chi connectivity index (χ3v) is 9.28. The number of hydrogen-bond acceptors (Lipinski definition) is 7. The van der Waals surface area contributed by atoms with Crippen LogP contribution in [0.2, 0.25) is 0 Å². The topological polar surface area (TPSA) is 129 Å². The molecule has 8 nitrogen and oxygen atoms in total. The van der Waals surface area contributed by atoms with Gasteiger partial charge in [0.2, 0.25) is 11.8 Å². The summed E-state index contributed by atoms with van der Waals surface area (Å²) in [5.74, 6) is -0.279.